The molecule has 1 aromatic carbocycles. The molecule has 1 unspecified atom stereocenters. The number of para-hydroxylation sites is 1. The quantitative estimate of drug-likeness (QED) is 0.839. The predicted octanol–water partition coefficient (Wildman–Crippen LogP) is 1.83. The number of nitrogens with zero attached hydrogens (tertiary/aromatic N) is 2. The maximum absolute atomic E-state index is 5.87. The van der Waals surface area contributed by atoms with Crippen molar-refractivity contribution in [1.29, 1.82) is 0 Å². The number of aromatic nitrogens is 2. The number of thiocarbonyl (C=S) groups is 1. The molecule has 0 saturated heterocycles. The van der Waals surface area contributed by atoms with Crippen molar-refractivity contribution in [2.75, 3.05) is 11.9 Å². The summed E-state index contributed by atoms with van der Waals surface area (Å²) >= 11 is 4.96. The van der Waals surface area contributed by atoms with Crippen LogP contribution in [0.4, 0.5) is 5.95 Å². The lowest BCUT2D eigenvalue weighted by atomic mass is 10.1. The summed E-state index contributed by atoms with van der Waals surface area (Å²) < 4.78 is 5.87. The summed E-state index contributed by atoms with van der Waals surface area (Å²) in [6.45, 7) is 2.52. The Morgan fingerprint density at radius 3 is 3.00 bits per heavy atom. The SMILES string of the molecule is Cc1cc(C(N)=S)nc(NCC2Cc3ccccc3O2)n1. The topological polar surface area (TPSA) is 73.1 Å². The largest absolute Gasteiger partial charge is 0.488 e. The molecule has 2 heterocycles. The summed E-state index contributed by atoms with van der Waals surface area (Å²) in [5, 5.41) is 3.20. The monoisotopic (exact) mass is 300 g/mol. The number of aryl methyl sites for hydroxylation is 1. The zero-order chi connectivity index (χ0) is 14.8. The van der Waals surface area contributed by atoms with E-state index in [0.29, 0.717) is 18.2 Å². The summed E-state index contributed by atoms with van der Waals surface area (Å²) in [6.07, 6.45) is 0.969. The maximum atomic E-state index is 5.87. The Morgan fingerprint density at radius 2 is 2.24 bits per heavy atom. The van der Waals surface area contributed by atoms with E-state index in [2.05, 4.69) is 21.4 Å². The molecule has 0 fully saturated rings. The van der Waals surface area contributed by atoms with Gasteiger partial charge in [0.25, 0.3) is 0 Å². The van der Waals surface area contributed by atoms with Gasteiger partial charge in [-0.2, -0.15) is 0 Å². The fraction of sp³-hybridized carbons (Fsp3) is 0.267. The third kappa shape index (κ3) is 3.11. The summed E-state index contributed by atoms with van der Waals surface area (Å²) in [5.74, 6) is 1.48. The van der Waals surface area contributed by atoms with Crippen LogP contribution in [0, 0.1) is 6.92 Å². The van der Waals surface area contributed by atoms with E-state index in [9.17, 15) is 0 Å². The van der Waals surface area contributed by atoms with Gasteiger partial charge in [-0.25, -0.2) is 9.97 Å². The standard InChI is InChI=1S/C15H16N4OS/c1-9-6-12(14(16)21)19-15(18-9)17-8-11-7-10-4-2-3-5-13(10)20-11/h2-6,11H,7-8H2,1H3,(H2,16,21)(H,17,18,19). The molecule has 0 radical (unpaired) electrons. The van der Waals surface area contributed by atoms with Crippen molar-refractivity contribution in [2.24, 2.45) is 5.73 Å². The molecular formula is C15H16N4OS. The third-order valence-electron chi connectivity index (χ3n) is 3.31. The molecule has 1 aliphatic rings. The van der Waals surface area contributed by atoms with Gasteiger partial charge in [0.05, 0.1) is 6.54 Å². The van der Waals surface area contributed by atoms with E-state index in [-0.39, 0.29) is 11.1 Å². The van der Waals surface area contributed by atoms with Crippen molar-refractivity contribution < 1.29 is 4.74 Å². The number of hydrogen-bond donors (Lipinski definition) is 2. The molecule has 5 nitrogen and oxygen atoms in total. The molecule has 0 aliphatic carbocycles. The molecule has 6 heteroatoms. The van der Waals surface area contributed by atoms with Crippen LogP contribution < -0.4 is 15.8 Å². The highest BCUT2D eigenvalue weighted by Crippen LogP contribution is 2.28. The molecule has 3 N–H and O–H groups in total. The van der Waals surface area contributed by atoms with E-state index in [4.69, 9.17) is 22.7 Å². The second kappa shape index (κ2) is 5.65. The molecule has 1 aromatic heterocycles. The molecule has 1 atom stereocenters. The molecular weight excluding hydrogens is 284 g/mol. The van der Waals surface area contributed by atoms with Crippen molar-refractivity contribution in [2.45, 2.75) is 19.4 Å². The van der Waals surface area contributed by atoms with E-state index in [1.807, 2.05) is 25.1 Å². The van der Waals surface area contributed by atoms with Crippen LogP contribution in [0.5, 0.6) is 5.75 Å². The molecule has 108 valence electrons. The van der Waals surface area contributed by atoms with Gasteiger partial charge < -0.3 is 15.8 Å². The van der Waals surface area contributed by atoms with Crippen LogP contribution in [0.3, 0.4) is 0 Å². The Morgan fingerprint density at radius 1 is 1.43 bits per heavy atom. The first-order valence-electron chi connectivity index (χ1n) is 6.76. The molecule has 21 heavy (non-hydrogen) atoms. The molecule has 2 aromatic rings. The molecule has 0 spiro atoms. The smallest absolute Gasteiger partial charge is 0.223 e. The van der Waals surface area contributed by atoms with Gasteiger partial charge in [-0.15, -0.1) is 0 Å². The Kier molecular flexibility index (Phi) is 3.70. The Labute approximate surface area is 128 Å². The number of benzene rings is 1. The normalized spacial score (nSPS) is 16.1. The van der Waals surface area contributed by atoms with Crippen LogP contribution in [-0.2, 0) is 6.42 Å². The zero-order valence-electron chi connectivity index (χ0n) is 11.7. The van der Waals surface area contributed by atoms with Crippen molar-refractivity contribution >= 4 is 23.2 Å². The molecule has 3 rings (SSSR count). The Bertz CT molecular complexity index is 664. The van der Waals surface area contributed by atoms with E-state index >= 15 is 0 Å². The number of nitrogens with one attached hydrogen (secondary N) is 1. The highest BCUT2D eigenvalue weighted by atomic mass is 32.1. The number of rotatable bonds is 4. The average molecular weight is 300 g/mol. The fourth-order valence-electron chi connectivity index (χ4n) is 2.35. The summed E-state index contributed by atoms with van der Waals surface area (Å²) in [6, 6.07) is 9.85. The van der Waals surface area contributed by atoms with Crippen LogP contribution in [0.1, 0.15) is 17.0 Å². The lowest BCUT2D eigenvalue weighted by Gasteiger charge is -2.12. The summed E-state index contributed by atoms with van der Waals surface area (Å²) in [5.41, 5.74) is 8.25. The van der Waals surface area contributed by atoms with Gasteiger partial charge >= 0.3 is 0 Å². The van der Waals surface area contributed by atoms with Gasteiger partial charge in [-0.1, -0.05) is 30.4 Å². The first-order valence-corrected chi connectivity index (χ1v) is 7.16. The van der Waals surface area contributed by atoms with E-state index in [1.54, 1.807) is 6.07 Å². The van der Waals surface area contributed by atoms with Crippen LogP contribution in [-0.4, -0.2) is 27.6 Å². The van der Waals surface area contributed by atoms with Crippen LogP contribution in [0.2, 0.25) is 0 Å². The number of hydrogen-bond acceptors (Lipinski definition) is 5. The number of nitrogens with two attached hydrogens (primary N) is 1. The first-order chi connectivity index (χ1) is 10.1. The molecule has 0 saturated carbocycles. The van der Waals surface area contributed by atoms with Crippen LogP contribution >= 0.6 is 12.2 Å². The minimum atomic E-state index is 0.0831. The van der Waals surface area contributed by atoms with Gasteiger partial charge in [0.1, 0.15) is 22.5 Å². The second-order valence-corrected chi connectivity index (χ2v) is 5.45. The summed E-state index contributed by atoms with van der Waals surface area (Å²) in [4.78, 5) is 8.90. The lowest BCUT2D eigenvalue weighted by Crippen LogP contribution is -2.25. The lowest BCUT2D eigenvalue weighted by molar-refractivity contribution is 0.246. The van der Waals surface area contributed by atoms with Gasteiger partial charge in [0, 0.05) is 12.1 Å². The third-order valence-corrected chi connectivity index (χ3v) is 3.52. The van der Waals surface area contributed by atoms with Crippen molar-refractivity contribution in [1.82, 2.24) is 9.97 Å². The van der Waals surface area contributed by atoms with Gasteiger partial charge in [0.2, 0.25) is 5.95 Å². The molecule has 0 amide bonds. The summed E-state index contributed by atoms with van der Waals surface area (Å²) in [7, 11) is 0. The predicted molar refractivity (Wildman–Crippen MR) is 85.7 cm³/mol. The van der Waals surface area contributed by atoms with Crippen LogP contribution in [0.25, 0.3) is 0 Å². The minimum absolute atomic E-state index is 0.0831. The second-order valence-electron chi connectivity index (χ2n) is 5.02. The maximum Gasteiger partial charge on any atom is 0.223 e. The van der Waals surface area contributed by atoms with Crippen molar-refractivity contribution in [3.63, 3.8) is 0 Å². The number of ether oxygens (including phenoxy) is 1. The van der Waals surface area contributed by atoms with E-state index in [0.717, 1.165) is 17.9 Å². The fourth-order valence-corrected chi connectivity index (χ4v) is 2.45. The first kappa shape index (κ1) is 13.8. The number of anilines is 1. The molecule has 1 aliphatic heterocycles. The van der Waals surface area contributed by atoms with Crippen molar-refractivity contribution in [3.8, 4) is 5.75 Å². The molecule has 0 bridgehead atoms. The Balaban J connectivity index is 1.65. The van der Waals surface area contributed by atoms with Gasteiger partial charge in [-0.3, -0.25) is 0 Å². The average Bonchev–Trinajstić information content (AvgIpc) is 2.87. The Hall–Kier alpha value is -2.21. The highest BCUT2D eigenvalue weighted by Gasteiger charge is 2.22. The number of fused-ring (bicyclic) bond motifs is 1. The van der Waals surface area contributed by atoms with E-state index < -0.39 is 0 Å². The van der Waals surface area contributed by atoms with Crippen LogP contribution in [0.15, 0.2) is 30.3 Å². The van der Waals surface area contributed by atoms with E-state index in [1.165, 1.54) is 5.56 Å². The highest BCUT2D eigenvalue weighted by molar-refractivity contribution is 7.80. The van der Waals surface area contributed by atoms with Gasteiger partial charge in [-0.05, 0) is 24.6 Å². The zero-order valence-corrected chi connectivity index (χ0v) is 12.5. The van der Waals surface area contributed by atoms with Gasteiger partial charge in [0.15, 0.2) is 0 Å². The minimum Gasteiger partial charge on any atom is -0.488 e. The van der Waals surface area contributed by atoms with Crippen molar-refractivity contribution in [3.05, 3.63) is 47.3 Å².